The molecule has 1 rings (SSSR count). The van der Waals surface area contributed by atoms with E-state index in [2.05, 4.69) is 15.9 Å². The fourth-order valence-electron chi connectivity index (χ4n) is 0.961. The number of rotatable bonds is 4. The standard InChI is InChI=1S/C9H10BrNO3.ClH/c10-6-1-2-7(9(12)13)8(5-6)14-4-3-11;/h1-2,5H,3-4,11H2,(H,12,13);1H. The highest BCUT2D eigenvalue weighted by Crippen LogP contribution is 2.23. The number of carboxylic acid groups (broad SMARTS) is 1. The molecule has 0 saturated heterocycles. The molecule has 84 valence electrons. The van der Waals surface area contributed by atoms with Crippen molar-refractivity contribution < 1.29 is 14.6 Å². The zero-order chi connectivity index (χ0) is 10.6. The Morgan fingerprint density at radius 1 is 1.53 bits per heavy atom. The molecule has 0 atom stereocenters. The molecule has 0 fully saturated rings. The average molecular weight is 297 g/mol. The highest BCUT2D eigenvalue weighted by Gasteiger charge is 2.10. The molecule has 0 unspecified atom stereocenters. The van der Waals surface area contributed by atoms with Gasteiger partial charge in [0.2, 0.25) is 0 Å². The van der Waals surface area contributed by atoms with Gasteiger partial charge in [-0.3, -0.25) is 0 Å². The molecule has 1 aromatic carbocycles. The van der Waals surface area contributed by atoms with Gasteiger partial charge in [-0.1, -0.05) is 15.9 Å². The highest BCUT2D eigenvalue weighted by atomic mass is 79.9. The molecule has 3 N–H and O–H groups in total. The van der Waals surface area contributed by atoms with Gasteiger partial charge in [-0.15, -0.1) is 12.4 Å². The van der Waals surface area contributed by atoms with Crippen molar-refractivity contribution in [3.63, 3.8) is 0 Å². The van der Waals surface area contributed by atoms with Gasteiger partial charge >= 0.3 is 5.97 Å². The van der Waals surface area contributed by atoms with Crippen molar-refractivity contribution in [1.82, 2.24) is 0 Å². The lowest BCUT2D eigenvalue weighted by Crippen LogP contribution is -2.12. The van der Waals surface area contributed by atoms with E-state index in [9.17, 15) is 4.79 Å². The minimum Gasteiger partial charge on any atom is -0.491 e. The van der Waals surface area contributed by atoms with Crippen LogP contribution in [0.2, 0.25) is 0 Å². The molecule has 0 bridgehead atoms. The summed E-state index contributed by atoms with van der Waals surface area (Å²) in [5.41, 5.74) is 5.40. The molecule has 6 heteroatoms. The summed E-state index contributed by atoms with van der Waals surface area (Å²) >= 11 is 3.23. The van der Waals surface area contributed by atoms with Crippen molar-refractivity contribution in [1.29, 1.82) is 0 Å². The fourth-order valence-corrected chi connectivity index (χ4v) is 1.30. The molecule has 0 radical (unpaired) electrons. The van der Waals surface area contributed by atoms with Crippen LogP contribution in [0.3, 0.4) is 0 Å². The molecule has 4 nitrogen and oxygen atoms in total. The second-order valence-electron chi connectivity index (χ2n) is 2.58. The number of carboxylic acids is 1. The van der Waals surface area contributed by atoms with Gasteiger partial charge in [0.15, 0.2) is 0 Å². The van der Waals surface area contributed by atoms with Crippen LogP contribution in [0.5, 0.6) is 5.75 Å². The molecule has 0 aliphatic rings. The molecule has 0 heterocycles. The van der Waals surface area contributed by atoms with Crippen LogP contribution in [0.1, 0.15) is 10.4 Å². The Morgan fingerprint density at radius 2 is 2.20 bits per heavy atom. The highest BCUT2D eigenvalue weighted by molar-refractivity contribution is 9.10. The molecule has 0 aliphatic carbocycles. The van der Waals surface area contributed by atoms with Gasteiger partial charge < -0.3 is 15.6 Å². The third-order valence-electron chi connectivity index (χ3n) is 1.55. The van der Waals surface area contributed by atoms with E-state index in [0.29, 0.717) is 18.9 Å². The Hall–Kier alpha value is -0.780. The summed E-state index contributed by atoms with van der Waals surface area (Å²) in [7, 11) is 0. The predicted octanol–water partition coefficient (Wildman–Crippen LogP) is 1.91. The molecule has 1 aromatic rings. The summed E-state index contributed by atoms with van der Waals surface area (Å²) in [6.07, 6.45) is 0. The summed E-state index contributed by atoms with van der Waals surface area (Å²) in [5, 5.41) is 8.83. The molecule has 0 amide bonds. The molecule has 0 aliphatic heterocycles. The maximum Gasteiger partial charge on any atom is 0.339 e. The van der Waals surface area contributed by atoms with Crippen LogP contribution < -0.4 is 10.5 Å². The van der Waals surface area contributed by atoms with Gasteiger partial charge in [0.05, 0.1) is 0 Å². The van der Waals surface area contributed by atoms with Crippen molar-refractivity contribution >= 4 is 34.3 Å². The minimum absolute atomic E-state index is 0. The SMILES string of the molecule is Cl.NCCOc1cc(Br)ccc1C(=O)O. The number of aromatic carboxylic acids is 1. The number of benzene rings is 1. The van der Waals surface area contributed by atoms with E-state index in [-0.39, 0.29) is 18.0 Å². The summed E-state index contributed by atoms with van der Waals surface area (Å²) in [6.45, 7) is 0.655. The summed E-state index contributed by atoms with van der Waals surface area (Å²) in [4.78, 5) is 10.8. The first kappa shape index (κ1) is 14.2. The Morgan fingerprint density at radius 3 is 2.73 bits per heavy atom. The third kappa shape index (κ3) is 4.07. The molecule has 0 aromatic heterocycles. The maximum atomic E-state index is 10.8. The molecule has 0 spiro atoms. The number of ether oxygens (including phenoxy) is 1. The van der Waals surface area contributed by atoms with Crippen LogP contribution in [-0.4, -0.2) is 24.2 Å². The van der Waals surface area contributed by atoms with Crippen LogP contribution in [0, 0.1) is 0 Å². The van der Waals surface area contributed by atoms with Crippen LogP contribution >= 0.6 is 28.3 Å². The van der Waals surface area contributed by atoms with E-state index in [4.69, 9.17) is 15.6 Å². The van der Waals surface area contributed by atoms with E-state index in [0.717, 1.165) is 4.47 Å². The first-order valence-corrected chi connectivity index (χ1v) is 4.80. The Labute approximate surface area is 102 Å². The van der Waals surface area contributed by atoms with Gasteiger partial charge in [0.1, 0.15) is 17.9 Å². The number of hydrogen-bond acceptors (Lipinski definition) is 3. The number of nitrogens with two attached hydrogens (primary N) is 1. The summed E-state index contributed by atoms with van der Waals surface area (Å²) in [6, 6.07) is 4.75. The van der Waals surface area contributed by atoms with Crippen LogP contribution in [0.15, 0.2) is 22.7 Å². The quantitative estimate of drug-likeness (QED) is 0.890. The van der Waals surface area contributed by atoms with E-state index in [1.807, 2.05) is 0 Å². The van der Waals surface area contributed by atoms with Crippen molar-refractivity contribution in [3.05, 3.63) is 28.2 Å². The number of carbonyl (C=O) groups is 1. The Balaban J connectivity index is 0.00000196. The topological polar surface area (TPSA) is 72.5 Å². The second-order valence-corrected chi connectivity index (χ2v) is 3.50. The number of halogens is 2. The van der Waals surface area contributed by atoms with Crippen molar-refractivity contribution in [2.45, 2.75) is 0 Å². The number of hydrogen-bond donors (Lipinski definition) is 2. The van der Waals surface area contributed by atoms with E-state index >= 15 is 0 Å². The first-order chi connectivity index (χ1) is 6.65. The normalized spacial score (nSPS) is 9.20. The first-order valence-electron chi connectivity index (χ1n) is 4.01. The van der Waals surface area contributed by atoms with E-state index in [1.54, 1.807) is 12.1 Å². The smallest absolute Gasteiger partial charge is 0.339 e. The molecular weight excluding hydrogens is 285 g/mol. The van der Waals surface area contributed by atoms with Crippen molar-refractivity contribution in [2.75, 3.05) is 13.2 Å². The van der Waals surface area contributed by atoms with E-state index < -0.39 is 5.97 Å². The zero-order valence-electron chi connectivity index (χ0n) is 7.77. The Bertz CT molecular complexity index is 346. The largest absolute Gasteiger partial charge is 0.491 e. The van der Waals surface area contributed by atoms with Crippen LogP contribution in [0.25, 0.3) is 0 Å². The van der Waals surface area contributed by atoms with Gasteiger partial charge in [-0.25, -0.2) is 4.79 Å². The molecule has 15 heavy (non-hydrogen) atoms. The molecular formula is C9H11BrClNO3. The minimum atomic E-state index is -1.01. The van der Waals surface area contributed by atoms with Gasteiger partial charge in [-0.05, 0) is 18.2 Å². The molecule has 0 saturated carbocycles. The second kappa shape index (κ2) is 6.66. The van der Waals surface area contributed by atoms with Crippen molar-refractivity contribution in [2.24, 2.45) is 5.73 Å². The van der Waals surface area contributed by atoms with Crippen molar-refractivity contribution in [3.8, 4) is 5.75 Å². The van der Waals surface area contributed by atoms with Crippen LogP contribution in [0.4, 0.5) is 0 Å². The van der Waals surface area contributed by atoms with Crippen LogP contribution in [-0.2, 0) is 0 Å². The summed E-state index contributed by atoms with van der Waals surface area (Å²) < 4.78 is 5.97. The fraction of sp³-hybridized carbons (Fsp3) is 0.222. The lowest BCUT2D eigenvalue weighted by Gasteiger charge is -2.07. The summed E-state index contributed by atoms with van der Waals surface area (Å²) in [5.74, 6) is -0.679. The maximum absolute atomic E-state index is 10.8. The van der Waals surface area contributed by atoms with E-state index in [1.165, 1.54) is 6.07 Å². The Kier molecular flexibility index (Phi) is 6.31. The lowest BCUT2D eigenvalue weighted by molar-refractivity contribution is 0.0692. The van der Waals surface area contributed by atoms with Gasteiger partial charge in [0.25, 0.3) is 0 Å². The monoisotopic (exact) mass is 295 g/mol. The predicted molar refractivity (Wildman–Crippen MR) is 62.9 cm³/mol. The zero-order valence-corrected chi connectivity index (χ0v) is 10.2. The van der Waals surface area contributed by atoms with Gasteiger partial charge in [0, 0.05) is 11.0 Å². The average Bonchev–Trinajstić information content (AvgIpc) is 2.14. The van der Waals surface area contributed by atoms with Gasteiger partial charge in [-0.2, -0.15) is 0 Å². The third-order valence-corrected chi connectivity index (χ3v) is 2.04. The lowest BCUT2D eigenvalue weighted by atomic mass is 10.2.